The molecule has 2 aliphatic carbocycles. The van der Waals surface area contributed by atoms with E-state index in [-0.39, 0.29) is 0 Å². The third kappa shape index (κ3) is 3.93. The zero-order valence-corrected chi connectivity index (χ0v) is 13.2. The highest BCUT2D eigenvalue weighted by Gasteiger charge is 2.35. The summed E-state index contributed by atoms with van der Waals surface area (Å²) in [7, 11) is -3.24. The van der Waals surface area contributed by atoms with E-state index in [1.165, 1.54) is 12.8 Å². The smallest absolute Gasteiger partial charge is 0.279 e. The van der Waals surface area contributed by atoms with Gasteiger partial charge >= 0.3 is 0 Å². The summed E-state index contributed by atoms with van der Waals surface area (Å²) in [5.74, 6) is 1.90. The average molecular weight is 301 g/mol. The molecular formula is C14H27N3O2S. The minimum atomic E-state index is -3.24. The molecule has 2 atom stereocenters. The molecule has 2 unspecified atom stereocenters. The molecule has 0 aromatic rings. The van der Waals surface area contributed by atoms with Crippen LogP contribution in [0.2, 0.25) is 0 Å². The van der Waals surface area contributed by atoms with Crippen molar-refractivity contribution in [3.63, 3.8) is 0 Å². The Morgan fingerprint density at radius 1 is 1.10 bits per heavy atom. The monoisotopic (exact) mass is 301 g/mol. The van der Waals surface area contributed by atoms with E-state index in [0.717, 1.165) is 31.8 Å². The zero-order chi connectivity index (χ0) is 14.2. The van der Waals surface area contributed by atoms with Crippen LogP contribution >= 0.6 is 0 Å². The van der Waals surface area contributed by atoms with Gasteiger partial charge < -0.3 is 5.32 Å². The second kappa shape index (κ2) is 5.91. The molecule has 0 amide bonds. The molecule has 0 aromatic carbocycles. The van der Waals surface area contributed by atoms with Crippen molar-refractivity contribution in [1.29, 1.82) is 0 Å². The van der Waals surface area contributed by atoms with Crippen LogP contribution in [0, 0.1) is 17.8 Å². The molecule has 0 radical (unpaired) electrons. The lowest BCUT2D eigenvalue weighted by atomic mass is 9.98. The van der Waals surface area contributed by atoms with E-state index in [1.807, 2.05) is 0 Å². The first-order valence-electron chi connectivity index (χ1n) is 8.02. The van der Waals surface area contributed by atoms with Crippen molar-refractivity contribution in [2.45, 2.75) is 45.1 Å². The molecule has 1 saturated heterocycles. The van der Waals surface area contributed by atoms with E-state index in [9.17, 15) is 8.42 Å². The molecule has 2 saturated carbocycles. The molecule has 2 N–H and O–H groups in total. The van der Waals surface area contributed by atoms with Gasteiger partial charge in [0, 0.05) is 25.7 Å². The number of hydrogen-bond donors (Lipinski definition) is 2. The Bertz CT molecular complexity index is 428. The van der Waals surface area contributed by atoms with Crippen molar-refractivity contribution in [2.75, 3.05) is 26.2 Å². The predicted molar refractivity (Wildman–Crippen MR) is 79.5 cm³/mol. The summed E-state index contributed by atoms with van der Waals surface area (Å²) in [6.45, 7) is 5.20. The Hall–Kier alpha value is -0.170. The van der Waals surface area contributed by atoms with Gasteiger partial charge in [-0.15, -0.1) is 0 Å². The Kier molecular flexibility index (Phi) is 4.36. The maximum Gasteiger partial charge on any atom is 0.279 e. The fourth-order valence-corrected chi connectivity index (χ4v) is 4.26. The molecule has 0 spiro atoms. The third-order valence-corrected chi connectivity index (χ3v) is 6.57. The predicted octanol–water partition coefficient (Wildman–Crippen LogP) is 0.941. The Labute approximate surface area is 122 Å². The van der Waals surface area contributed by atoms with E-state index in [1.54, 1.807) is 4.31 Å². The average Bonchev–Trinajstić information content (AvgIpc) is 3.33. The van der Waals surface area contributed by atoms with Gasteiger partial charge in [0.05, 0.1) is 0 Å². The first-order chi connectivity index (χ1) is 9.54. The molecular weight excluding hydrogens is 274 g/mol. The van der Waals surface area contributed by atoms with Crippen LogP contribution in [0.15, 0.2) is 0 Å². The van der Waals surface area contributed by atoms with Crippen LogP contribution in [0.25, 0.3) is 0 Å². The molecule has 0 bridgehead atoms. The summed E-state index contributed by atoms with van der Waals surface area (Å²) in [5.41, 5.74) is 0. The first kappa shape index (κ1) is 14.8. The van der Waals surface area contributed by atoms with Gasteiger partial charge in [0.15, 0.2) is 0 Å². The Balaban J connectivity index is 1.39. The highest BCUT2D eigenvalue weighted by atomic mass is 32.2. The lowest BCUT2D eigenvalue weighted by Crippen LogP contribution is -2.46. The normalized spacial score (nSPS) is 32.5. The highest BCUT2D eigenvalue weighted by molar-refractivity contribution is 7.87. The number of piperidine rings is 1. The molecule has 1 heterocycles. The fraction of sp³-hybridized carbons (Fsp3) is 1.00. The molecule has 3 rings (SSSR count). The second-order valence-corrected chi connectivity index (χ2v) is 8.61. The lowest BCUT2D eigenvalue weighted by molar-refractivity contribution is 0.264. The van der Waals surface area contributed by atoms with Crippen molar-refractivity contribution in [3.8, 4) is 0 Å². The largest absolute Gasteiger partial charge is 0.314 e. The van der Waals surface area contributed by atoms with Gasteiger partial charge in [-0.3, -0.25) is 0 Å². The first-order valence-corrected chi connectivity index (χ1v) is 9.47. The van der Waals surface area contributed by atoms with E-state index in [0.29, 0.717) is 37.4 Å². The molecule has 116 valence electrons. The Morgan fingerprint density at radius 2 is 1.75 bits per heavy atom. The van der Waals surface area contributed by atoms with Crippen LogP contribution in [-0.2, 0) is 10.2 Å². The number of nitrogens with zero attached hydrogens (tertiary/aromatic N) is 1. The molecule has 6 heteroatoms. The molecule has 0 aromatic heterocycles. The minimum Gasteiger partial charge on any atom is -0.314 e. The molecule has 20 heavy (non-hydrogen) atoms. The van der Waals surface area contributed by atoms with Gasteiger partial charge in [-0.2, -0.15) is 12.7 Å². The number of rotatable bonds is 7. The summed E-state index contributed by atoms with van der Waals surface area (Å²) in [6.07, 6.45) is 5.77. The van der Waals surface area contributed by atoms with Crippen LogP contribution < -0.4 is 10.0 Å². The Morgan fingerprint density at radius 3 is 2.30 bits per heavy atom. The topological polar surface area (TPSA) is 61.4 Å². The van der Waals surface area contributed by atoms with Crippen LogP contribution in [0.5, 0.6) is 0 Å². The maximum atomic E-state index is 12.2. The summed E-state index contributed by atoms with van der Waals surface area (Å²) in [6, 6.07) is 0.749. The van der Waals surface area contributed by atoms with Gasteiger partial charge in [0.2, 0.25) is 0 Å². The SMILES string of the molecule is CC1CC1CNS(=O)(=O)N1CCC(CNC2CC2)CC1. The minimum absolute atomic E-state index is 0.560. The van der Waals surface area contributed by atoms with E-state index < -0.39 is 10.2 Å². The highest BCUT2D eigenvalue weighted by Crippen LogP contribution is 2.37. The van der Waals surface area contributed by atoms with Crippen LogP contribution in [0.3, 0.4) is 0 Å². The second-order valence-electron chi connectivity index (χ2n) is 6.85. The van der Waals surface area contributed by atoms with E-state index >= 15 is 0 Å². The van der Waals surface area contributed by atoms with Crippen LogP contribution in [0.1, 0.15) is 39.0 Å². The number of hydrogen-bond acceptors (Lipinski definition) is 3. The molecule has 1 aliphatic heterocycles. The van der Waals surface area contributed by atoms with Crippen molar-refractivity contribution in [1.82, 2.24) is 14.3 Å². The maximum absolute atomic E-state index is 12.2. The number of nitrogens with one attached hydrogen (secondary N) is 2. The van der Waals surface area contributed by atoms with Crippen molar-refractivity contribution in [3.05, 3.63) is 0 Å². The molecule has 3 fully saturated rings. The fourth-order valence-electron chi connectivity index (χ4n) is 2.96. The van der Waals surface area contributed by atoms with Gasteiger partial charge in [-0.1, -0.05) is 6.92 Å². The summed E-state index contributed by atoms with van der Waals surface area (Å²) in [4.78, 5) is 0. The standard InChI is InChI=1S/C14H27N3O2S/c1-11-8-13(11)10-16-20(18,19)17-6-4-12(5-7-17)9-15-14-2-3-14/h11-16H,2-10H2,1H3. The molecule has 5 nitrogen and oxygen atoms in total. The van der Waals surface area contributed by atoms with E-state index in [4.69, 9.17) is 0 Å². The summed E-state index contributed by atoms with van der Waals surface area (Å²) < 4.78 is 28.8. The van der Waals surface area contributed by atoms with Crippen molar-refractivity contribution in [2.24, 2.45) is 17.8 Å². The van der Waals surface area contributed by atoms with Gasteiger partial charge in [0.1, 0.15) is 0 Å². The van der Waals surface area contributed by atoms with Crippen molar-refractivity contribution < 1.29 is 8.42 Å². The van der Waals surface area contributed by atoms with Gasteiger partial charge in [-0.05, 0) is 56.4 Å². The third-order valence-electron chi connectivity index (χ3n) is 4.99. The summed E-state index contributed by atoms with van der Waals surface area (Å²) in [5, 5.41) is 3.55. The van der Waals surface area contributed by atoms with E-state index in [2.05, 4.69) is 17.0 Å². The quantitative estimate of drug-likeness (QED) is 0.736. The van der Waals surface area contributed by atoms with Gasteiger partial charge in [0.25, 0.3) is 10.2 Å². The van der Waals surface area contributed by atoms with Crippen molar-refractivity contribution >= 4 is 10.2 Å². The summed E-state index contributed by atoms with van der Waals surface area (Å²) >= 11 is 0. The molecule has 3 aliphatic rings. The van der Waals surface area contributed by atoms with Crippen LogP contribution in [0.4, 0.5) is 0 Å². The van der Waals surface area contributed by atoms with Gasteiger partial charge in [-0.25, -0.2) is 4.72 Å². The van der Waals surface area contributed by atoms with Crippen LogP contribution in [-0.4, -0.2) is 44.9 Å². The lowest BCUT2D eigenvalue weighted by Gasteiger charge is -2.31. The zero-order valence-electron chi connectivity index (χ0n) is 12.3.